The number of fused-ring (bicyclic) bond motifs is 2. The molecule has 3 N–H and O–H groups in total. The number of allylic oxidation sites excluding steroid dienone is 1. The summed E-state index contributed by atoms with van der Waals surface area (Å²) in [6.07, 6.45) is 0.349. The molecule has 0 aliphatic carbocycles. The summed E-state index contributed by atoms with van der Waals surface area (Å²) in [5, 5.41) is 15.6. The Bertz CT molecular complexity index is 885. The zero-order valence-electron chi connectivity index (χ0n) is 15.3. The Morgan fingerprint density at radius 1 is 1.15 bits per heavy atom. The van der Waals surface area contributed by atoms with Crippen LogP contribution in [-0.2, 0) is 0 Å². The molecular weight excluding hydrogens is 324 g/mol. The molecule has 134 valence electrons. The Morgan fingerprint density at radius 3 is 2.62 bits per heavy atom. The number of aliphatic imine (C=N–C) groups is 1. The lowest BCUT2D eigenvalue weighted by Crippen LogP contribution is -2.43. The van der Waals surface area contributed by atoms with Gasteiger partial charge >= 0.3 is 0 Å². The van der Waals surface area contributed by atoms with Gasteiger partial charge in [0.25, 0.3) is 0 Å². The highest BCUT2D eigenvalue weighted by Crippen LogP contribution is 2.35. The van der Waals surface area contributed by atoms with Crippen molar-refractivity contribution in [3.8, 4) is 0 Å². The number of anilines is 1. The molecule has 4 rings (SSSR count). The Morgan fingerprint density at radius 2 is 1.88 bits per heavy atom. The van der Waals surface area contributed by atoms with Gasteiger partial charge in [0.2, 0.25) is 0 Å². The van der Waals surface area contributed by atoms with E-state index in [1.807, 2.05) is 50.4 Å². The normalized spacial score (nSPS) is 21.8. The van der Waals surface area contributed by atoms with Gasteiger partial charge in [0.15, 0.2) is 0 Å². The number of hydrogen-bond donors (Lipinski definition) is 3. The van der Waals surface area contributed by atoms with Crippen molar-refractivity contribution in [3.63, 3.8) is 0 Å². The summed E-state index contributed by atoms with van der Waals surface area (Å²) in [5.41, 5.74) is 10.6. The zero-order valence-corrected chi connectivity index (χ0v) is 15.3. The van der Waals surface area contributed by atoms with Crippen molar-refractivity contribution in [2.45, 2.75) is 32.5 Å². The zero-order chi connectivity index (χ0) is 18.3. The minimum atomic E-state index is -0.418. The molecule has 0 aromatic heterocycles. The number of hydrogen-bond acceptors (Lipinski definition) is 5. The van der Waals surface area contributed by atoms with Crippen LogP contribution < -0.4 is 10.7 Å². The quantitative estimate of drug-likeness (QED) is 0.791. The molecule has 2 heterocycles. The summed E-state index contributed by atoms with van der Waals surface area (Å²) in [5.74, 6) is 0. The van der Waals surface area contributed by atoms with Crippen LogP contribution in [0.5, 0.6) is 0 Å². The average Bonchev–Trinajstić information content (AvgIpc) is 2.95. The molecule has 5 nitrogen and oxygen atoms in total. The average molecular weight is 348 g/mol. The molecule has 0 radical (unpaired) electrons. The highest BCUT2D eigenvalue weighted by molar-refractivity contribution is 6.19. The third kappa shape index (κ3) is 2.79. The van der Waals surface area contributed by atoms with Crippen LogP contribution in [0.1, 0.15) is 37.5 Å². The van der Waals surface area contributed by atoms with Crippen LogP contribution in [0.15, 0.2) is 64.8 Å². The molecule has 0 spiro atoms. The van der Waals surface area contributed by atoms with Crippen molar-refractivity contribution >= 4 is 17.1 Å². The van der Waals surface area contributed by atoms with Crippen molar-refractivity contribution in [2.24, 2.45) is 4.99 Å². The van der Waals surface area contributed by atoms with Crippen molar-refractivity contribution in [1.82, 2.24) is 10.4 Å². The van der Waals surface area contributed by atoms with Gasteiger partial charge in [0.05, 0.1) is 17.5 Å². The summed E-state index contributed by atoms with van der Waals surface area (Å²) in [6, 6.07) is 16.1. The maximum Gasteiger partial charge on any atom is 0.126 e. The van der Waals surface area contributed by atoms with E-state index in [2.05, 4.69) is 34.8 Å². The molecule has 0 saturated heterocycles. The first kappa shape index (κ1) is 16.8. The Hall–Kier alpha value is -2.63. The first-order valence-corrected chi connectivity index (χ1v) is 9.01. The molecule has 2 aromatic carbocycles. The van der Waals surface area contributed by atoms with Crippen molar-refractivity contribution < 1.29 is 5.11 Å². The standard InChI is InChI=1S/C21H24N4O/c1-4-18(26)14-9-11-15(12-10-14)22-20-16-7-5-6-8-17(16)23-21-19(20)13(2)24-25(21)3/h5-12,18,21,23-24,26H,4H2,1-3H3. The SMILES string of the molecule is CCC(O)c1ccc(N=C2C3=C(C)NN(C)C3Nc3ccccc32)cc1. The van der Waals surface area contributed by atoms with E-state index in [1.165, 1.54) is 5.57 Å². The van der Waals surface area contributed by atoms with Crippen LogP contribution in [-0.4, -0.2) is 29.0 Å². The number of nitrogens with one attached hydrogen (secondary N) is 2. The highest BCUT2D eigenvalue weighted by Gasteiger charge is 2.36. The summed E-state index contributed by atoms with van der Waals surface area (Å²) >= 11 is 0. The van der Waals surface area contributed by atoms with E-state index in [9.17, 15) is 5.11 Å². The van der Waals surface area contributed by atoms with Crippen LogP contribution in [0.2, 0.25) is 0 Å². The number of likely N-dealkylation sites (N-methyl/N-ethyl adjacent to an activating group) is 1. The molecule has 0 bridgehead atoms. The molecule has 5 heteroatoms. The second-order valence-electron chi connectivity index (χ2n) is 6.83. The first-order chi connectivity index (χ1) is 12.6. The predicted octanol–water partition coefficient (Wildman–Crippen LogP) is 3.73. The molecule has 0 amide bonds. The lowest BCUT2D eigenvalue weighted by atomic mass is 9.93. The van der Waals surface area contributed by atoms with Gasteiger partial charge in [0, 0.05) is 29.6 Å². The number of rotatable bonds is 3. The van der Waals surface area contributed by atoms with Gasteiger partial charge in [-0.2, -0.15) is 0 Å². The first-order valence-electron chi connectivity index (χ1n) is 9.01. The number of hydrazine groups is 1. The Labute approximate surface area is 154 Å². The minimum Gasteiger partial charge on any atom is -0.388 e. The fourth-order valence-corrected chi connectivity index (χ4v) is 3.63. The maximum atomic E-state index is 9.99. The van der Waals surface area contributed by atoms with Gasteiger partial charge < -0.3 is 15.8 Å². The van der Waals surface area contributed by atoms with Crippen LogP contribution in [0, 0.1) is 0 Å². The van der Waals surface area contributed by atoms with Crippen LogP contribution in [0.25, 0.3) is 0 Å². The largest absolute Gasteiger partial charge is 0.388 e. The van der Waals surface area contributed by atoms with E-state index in [0.29, 0.717) is 6.42 Å². The molecule has 0 saturated carbocycles. The van der Waals surface area contributed by atoms with E-state index in [1.54, 1.807) is 0 Å². The van der Waals surface area contributed by atoms with Gasteiger partial charge in [-0.3, -0.25) is 0 Å². The van der Waals surface area contributed by atoms with E-state index < -0.39 is 6.10 Å². The number of aliphatic hydroxyl groups is 1. The lowest BCUT2D eigenvalue weighted by molar-refractivity contribution is 0.173. The van der Waals surface area contributed by atoms with Crippen LogP contribution in [0.4, 0.5) is 11.4 Å². The van der Waals surface area contributed by atoms with Gasteiger partial charge in [-0.05, 0) is 37.1 Å². The molecule has 2 aliphatic rings. The third-order valence-electron chi connectivity index (χ3n) is 5.04. The number of nitrogens with zero attached hydrogens (tertiary/aromatic N) is 2. The van der Waals surface area contributed by atoms with Crippen molar-refractivity contribution in [2.75, 3.05) is 12.4 Å². The van der Waals surface area contributed by atoms with Crippen LogP contribution in [0.3, 0.4) is 0 Å². The molecule has 2 unspecified atom stereocenters. The van der Waals surface area contributed by atoms with E-state index in [0.717, 1.165) is 33.9 Å². The number of aliphatic hydroxyl groups excluding tert-OH is 1. The number of benzene rings is 2. The second kappa shape index (κ2) is 6.59. The summed E-state index contributed by atoms with van der Waals surface area (Å²) < 4.78 is 0. The summed E-state index contributed by atoms with van der Waals surface area (Å²) in [7, 11) is 2.03. The van der Waals surface area contributed by atoms with Crippen molar-refractivity contribution in [3.05, 3.63) is 70.9 Å². The fraction of sp³-hybridized carbons (Fsp3) is 0.286. The Kier molecular flexibility index (Phi) is 4.26. The van der Waals surface area contributed by atoms with Gasteiger partial charge in [-0.15, -0.1) is 0 Å². The van der Waals surface area contributed by atoms with Gasteiger partial charge in [-0.25, -0.2) is 10.0 Å². The predicted molar refractivity (Wildman–Crippen MR) is 105 cm³/mol. The lowest BCUT2D eigenvalue weighted by Gasteiger charge is -2.31. The van der Waals surface area contributed by atoms with Gasteiger partial charge in [0.1, 0.15) is 6.17 Å². The summed E-state index contributed by atoms with van der Waals surface area (Å²) in [6.45, 7) is 4.06. The van der Waals surface area contributed by atoms with Crippen molar-refractivity contribution in [1.29, 1.82) is 0 Å². The minimum absolute atomic E-state index is 0.0600. The van der Waals surface area contributed by atoms with Crippen LogP contribution >= 0.6 is 0 Å². The molecule has 26 heavy (non-hydrogen) atoms. The maximum absolute atomic E-state index is 9.99. The van der Waals surface area contributed by atoms with E-state index in [4.69, 9.17) is 4.99 Å². The highest BCUT2D eigenvalue weighted by atomic mass is 16.3. The molecule has 2 aliphatic heterocycles. The monoisotopic (exact) mass is 348 g/mol. The molecule has 2 atom stereocenters. The smallest absolute Gasteiger partial charge is 0.126 e. The Balaban J connectivity index is 1.80. The molecule has 0 fully saturated rings. The van der Waals surface area contributed by atoms with Gasteiger partial charge in [-0.1, -0.05) is 37.3 Å². The molecular formula is C21H24N4O. The third-order valence-corrected chi connectivity index (χ3v) is 5.04. The number of para-hydroxylation sites is 1. The van der Waals surface area contributed by atoms with E-state index in [-0.39, 0.29) is 6.17 Å². The fourth-order valence-electron chi connectivity index (χ4n) is 3.63. The van der Waals surface area contributed by atoms with E-state index >= 15 is 0 Å². The second-order valence-corrected chi connectivity index (χ2v) is 6.83. The molecule has 2 aromatic rings. The summed E-state index contributed by atoms with van der Waals surface area (Å²) in [4.78, 5) is 4.98. The topological polar surface area (TPSA) is 59.9 Å².